The Morgan fingerprint density at radius 2 is 2.18 bits per heavy atom. The van der Waals surface area contributed by atoms with Crippen molar-refractivity contribution in [2.45, 2.75) is 31.9 Å². The van der Waals surface area contributed by atoms with Crippen molar-refractivity contribution in [2.24, 2.45) is 5.92 Å². The number of hydrogen-bond acceptors (Lipinski definition) is 4. The number of nitrogens with zero attached hydrogens (tertiary/aromatic N) is 1. The summed E-state index contributed by atoms with van der Waals surface area (Å²) < 4.78 is 11.0. The molecule has 0 amide bonds. The van der Waals surface area contributed by atoms with Crippen molar-refractivity contribution in [1.29, 1.82) is 0 Å². The quantitative estimate of drug-likeness (QED) is 0.750. The first-order valence-electron chi connectivity index (χ1n) is 7.91. The molecule has 1 aliphatic carbocycles. The fraction of sp³-hybridized carbons (Fsp3) is 0.556. The minimum Gasteiger partial charge on any atom is -0.493 e. The van der Waals surface area contributed by atoms with Gasteiger partial charge in [0.05, 0.1) is 13.2 Å². The molecular weight excluding hydrogens is 278 g/mol. The predicted molar refractivity (Wildman–Crippen MR) is 88.4 cm³/mol. The van der Waals surface area contributed by atoms with Crippen LogP contribution >= 0.6 is 0 Å². The molecule has 1 aliphatic rings. The number of benzene rings is 1. The summed E-state index contributed by atoms with van der Waals surface area (Å²) >= 11 is 0. The minimum absolute atomic E-state index is 0.133. The second kappa shape index (κ2) is 8.20. The highest BCUT2D eigenvalue weighted by Crippen LogP contribution is 2.29. The van der Waals surface area contributed by atoms with Gasteiger partial charge in [-0.15, -0.1) is 0 Å². The molecule has 0 aromatic heterocycles. The summed E-state index contributed by atoms with van der Waals surface area (Å²) in [5.41, 5.74) is 1.18. The molecule has 2 rings (SSSR count). The fourth-order valence-corrected chi connectivity index (χ4v) is 3.09. The van der Waals surface area contributed by atoms with Gasteiger partial charge in [0, 0.05) is 13.1 Å². The lowest BCUT2D eigenvalue weighted by atomic mass is 10.1. The van der Waals surface area contributed by atoms with Crippen LogP contribution in [-0.2, 0) is 6.54 Å². The third kappa shape index (κ3) is 4.49. The largest absolute Gasteiger partial charge is 0.493 e. The number of aliphatic hydroxyl groups is 1. The molecule has 4 heteroatoms. The van der Waals surface area contributed by atoms with Gasteiger partial charge in [-0.05, 0) is 43.5 Å². The Hall–Kier alpha value is -1.52. The van der Waals surface area contributed by atoms with E-state index >= 15 is 0 Å². The summed E-state index contributed by atoms with van der Waals surface area (Å²) in [4.78, 5) is 2.26. The third-order valence-corrected chi connectivity index (χ3v) is 4.20. The summed E-state index contributed by atoms with van der Waals surface area (Å²) in [7, 11) is 3.75. The van der Waals surface area contributed by atoms with Gasteiger partial charge in [-0.3, -0.25) is 0 Å². The Kier molecular flexibility index (Phi) is 6.28. The zero-order valence-electron chi connectivity index (χ0n) is 13.6. The number of ether oxygens (including phenoxy) is 2. The Bertz CT molecular complexity index is 489. The Labute approximate surface area is 133 Å². The number of aliphatic hydroxyl groups excluding tert-OH is 1. The summed E-state index contributed by atoms with van der Waals surface area (Å²) in [6.07, 6.45) is 4.80. The molecule has 0 aliphatic heterocycles. The van der Waals surface area contributed by atoms with Crippen LogP contribution in [0.1, 0.15) is 24.8 Å². The molecule has 0 spiro atoms. The van der Waals surface area contributed by atoms with Gasteiger partial charge in [-0.2, -0.15) is 0 Å². The van der Waals surface area contributed by atoms with E-state index in [1.807, 2.05) is 12.1 Å². The maximum absolute atomic E-state index is 9.93. The van der Waals surface area contributed by atoms with E-state index < -0.39 is 0 Å². The Morgan fingerprint density at radius 3 is 2.82 bits per heavy atom. The van der Waals surface area contributed by atoms with Crippen LogP contribution in [0.25, 0.3) is 0 Å². The van der Waals surface area contributed by atoms with Crippen molar-refractivity contribution < 1.29 is 14.6 Å². The van der Waals surface area contributed by atoms with Gasteiger partial charge in [0.2, 0.25) is 0 Å². The molecule has 22 heavy (non-hydrogen) atoms. The maximum Gasteiger partial charge on any atom is 0.161 e. The summed E-state index contributed by atoms with van der Waals surface area (Å²) in [5.74, 6) is 1.88. The van der Waals surface area contributed by atoms with Gasteiger partial charge in [0.25, 0.3) is 0 Å². The van der Waals surface area contributed by atoms with E-state index in [1.54, 1.807) is 13.2 Å². The number of rotatable bonds is 8. The normalized spacial score (nSPS) is 21.1. The highest BCUT2D eigenvalue weighted by molar-refractivity contribution is 5.43. The van der Waals surface area contributed by atoms with E-state index in [0.29, 0.717) is 12.5 Å². The first kappa shape index (κ1) is 16.8. The van der Waals surface area contributed by atoms with Crippen LogP contribution in [0.4, 0.5) is 0 Å². The monoisotopic (exact) mass is 305 g/mol. The van der Waals surface area contributed by atoms with Gasteiger partial charge in [0.1, 0.15) is 6.61 Å². The molecular formula is C18H27NO3. The molecule has 1 aromatic carbocycles. The molecule has 4 nitrogen and oxygen atoms in total. The first-order chi connectivity index (χ1) is 10.6. The van der Waals surface area contributed by atoms with E-state index in [2.05, 4.69) is 24.6 Å². The highest BCUT2D eigenvalue weighted by atomic mass is 16.5. The number of hydrogen-bond donors (Lipinski definition) is 1. The van der Waals surface area contributed by atoms with Crippen molar-refractivity contribution in [1.82, 2.24) is 4.90 Å². The maximum atomic E-state index is 9.93. The van der Waals surface area contributed by atoms with Crippen molar-refractivity contribution in [3.05, 3.63) is 36.4 Å². The van der Waals surface area contributed by atoms with E-state index in [-0.39, 0.29) is 6.10 Å². The SMILES string of the molecule is C=CCOc1ccc(CN(C)CC2CCCC2O)cc1OC. The smallest absolute Gasteiger partial charge is 0.161 e. The van der Waals surface area contributed by atoms with E-state index in [0.717, 1.165) is 43.9 Å². The fourth-order valence-electron chi connectivity index (χ4n) is 3.09. The average molecular weight is 305 g/mol. The lowest BCUT2D eigenvalue weighted by Gasteiger charge is -2.23. The van der Waals surface area contributed by atoms with Gasteiger partial charge in [0.15, 0.2) is 11.5 Å². The molecule has 0 heterocycles. The molecule has 1 saturated carbocycles. The van der Waals surface area contributed by atoms with Crippen LogP contribution in [0.2, 0.25) is 0 Å². The van der Waals surface area contributed by atoms with E-state index in [9.17, 15) is 5.11 Å². The predicted octanol–water partition coefficient (Wildman–Crippen LogP) is 2.85. The van der Waals surface area contributed by atoms with Gasteiger partial charge < -0.3 is 19.5 Å². The topological polar surface area (TPSA) is 41.9 Å². The van der Waals surface area contributed by atoms with Crippen LogP contribution in [0.15, 0.2) is 30.9 Å². The molecule has 2 unspecified atom stereocenters. The zero-order chi connectivity index (χ0) is 15.9. The van der Waals surface area contributed by atoms with E-state index in [4.69, 9.17) is 9.47 Å². The van der Waals surface area contributed by atoms with E-state index in [1.165, 1.54) is 5.56 Å². The first-order valence-corrected chi connectivity index (χ1v) is 7.91. The second-order valence-electron chi connectivity index (χ2n) is 6.04. The average Bonchev–Trinajstić information content (AvgIpc) is 2.90. The second-order valence-corrected chi connectivity index (χ2v) is 6.04. The van der Waals surface area contributed by atoms with Crippen molar-refractivity contribution in [2.75, 3.05) is 27.3 Å². The molecule has 0 saturated heterocycles. The van der Waals surface area contributed by atoms with Gasteiger partial charge in [-0.1, -0.05) is 25.1 Å². The molecule has 2 atom stereocenters. The van der Waals surface area contributed by atoms with Crippen molar-refractivity contribution in [3.8, 4) is 11.5 Å². The van der Waals surface area contributed by atoms with Gasteiger partial charge in [-0.25, -0.2) is 0 Å². The van der Waals surface area contributed by atoms with Crippen LogP contribution in [0, 0.1) is 5.92 Å². The molecule has 0 radical (unpaired) electrons. The molecule has 122 valence electrons. The third-order valence-electron chi connectivity index (χ3n) is 4.20. The minimum atomic E-state index is -0.133. The summed E-state index contributed by atoms with van der Waals surface area (Å²) in [5, 5.41) is 9.93. The lowest BCUT2D eigenvalue weighted by molar-refractivity contribution is 0.108. The zero-order valence-corrected chi connectivity index (χ0v) is 13.6. The molecule has 1 N–H and O–H groups in total. The summed E-state index contributed by atoms with van der Waals surface area (Å²) in [6, 6.07) is 6.01. The van der Waals surface area contributed by atoms with Crippen LogP contribution in [0.3, 0.4) is 0 Å². The molecule has 1 fully saturated rings. The van der Waals surface area contributed by atoms with Crippen LogP contribution in [0.5, 0.6) is 11.5 Å². The molecule has 1 aromatic rings. The van der Waals surface area contributed by atoms with Crippen LogP contribution < -0.4 is 9.47 Å². The Morgan fingerprint density at radius 1 is 1.36 bits per heavy atom. The molecule has 0 bridgehead atoms. The Balaban J connectivity index is 1.95. The summed E-state index contributed by atoms with van der Waals surface area (Å²) in [6.45, 7) is 5.88. The standard InChI is InChI=1S/C18H27NO3/c1-4-10-22-17-9-8-14(11-18(17)21-3)12-19(2)13-15-6-5-7-16(15)20/h4,8-9,11,15-16,20H,1,5-7,10,12-13H2,2-3H3. The van der Waals surface area contributed by atoms with Gasteiger partial charge >= 0.3 is 0 Å². The van der Waals surface area contributed by atoms with Crippen molar-refractivity contribution in [3.63, 3.8) is 0 Å². The lowest BCUT2D eigenvalue weighted by Crippen LogP contribution is -2.29. The van der Waals surface area contributed by atoms with Crippen LogP contribution in [-0.4, -0.2) is 43.4 Å². The highest BCUT2D eigenvalue weighted by Gasteiger charge is 2.26. The van der Waals surface area contributed by atoms with Crippen molar-refractivity contribution >= 4 is 0 Å². The number of methoxy groups -OCH3 is 1.